The average Bonchev–Trinajstić information content (AvgIpc) is 3.00. The maximum atomic E-state index is 13.3. The number of carbonyl (C=O) groups is 1. The van der Waals surface area contributed by atoms with Gasteiger partial charge in [-0.05, 0) is 56.9 Å². The van der Waals surface area contributed by atoms with Gasteiger partial charge in [0.25, 0.3) is 5.91 Å². The number of nitriles is 1. The molecule has 0 unspecified atom stereocenters. The van der Waals surface area contributed by atoms with E-state index in [1.165, 1.54) is 31.5 Å². The molecule has 1 aliphatic rings. The van der Waals surface area contributed by atoms with Crippen molar-refractivity contribution in [1.29, 1.82) is 5.26 Å². The van der Waals surface area contributed by atoms with Gasteiger partial charge in [0.1, 0.15) is 11.1 Å². The molecule has 0 spiro atoms. The Hall–Kier alpha value is -2.41. The van der Waals surface area contributed by atoms with Gasteiger partial charge in [0.15, 0.2) is 0 Å². The number of rotatable bonds is 5. The standard InChI is InChI=1S/C21H26N4O3S2/c1-14-15(2)29-21(18(14)13-22)23-20(26)17-12-16(30(27,28)24(3)4)8-9-19(17)25-10-6-5-7-11-25/h8-9,12H,5-7,10-11H2,1-4H3,(H,23,26). The van der Waals surface area contributed by atoms with E-state index in [1.54, 1.807) is 12.1 Å². The molecule has 0 radical (unpaired) electrons. The number of anilines is 2. The van der Waals surface area contributed by atoms with Crippen LogP contribution in [-0.2, 0) is 10.0 Å². The summed E-state index contributed by atoms with van der Waals surface area (Å²) in [6, 6.07) is 6.86. The van der Waals surface area contributed by atoms with Crippen molar-refractivity contribution in [2.75, 3.05) is 37.4 Å². The van der Waals surface area contributed by atoms with Crippen molar-refractivity contribution >= 4 is 38.0 Å². The first-order chi connectivity index (χ1) is 14.2. The minimum absolute atomic E-state index is 0.0671. The van der Waals surface area contributed by atoms with E-state index >= 15 is 0 Å². The van der Waals surface area contributed by atoms with Crippen LogP contribution in [0.25, 0.3) is 0 Å². The molecule has 2 aromatic rings. The second kappa shape index (κ2) is 8.76. The summed E-state index contributed by atoms with van der Waals surface area (Å²) in [5, 5.41) is 12.8. The Morgan fingerprint density at radius 3 is 2.47 bits per heavy atom. The number of nitrogens with zero attached hydrogens (tertiary/aromatic N) is 3. The normalized spacial score (nSPS) is 14.6. The van der Waals surface area contributed by atoms with E-state index in [9.17, 15) is 18.5 Å². The molecule has 2 heterocycles. The lowest BCUT2D eigenvalue weighted by molar-refractivity contribution is 0.102. The molecular weight excluding hydrogens is 420 g/mol. The number of hydrogen-bond acceptors (Lipinski definition) is 6. The topological polar surface area (TPSA) is 93.5 Å². The number of aryl methyl sites for hydroxylation is 1. The quantitative estimate of drug-likeness (QED) is 0.755. The predicted molar refractivity (Wildman–Crippen MR) is 120 cm³/mol. The van der Waals surface area contributed by atoms with Gasteiger partial charge < -0.3 is 10.2 Å². The summed E-state index contributed by atoms with van der Waals surface area (Å²) in [6.45, 7) is 5.39. The first-order valence-corrected chi connectivity index (χ1v) is 12.1. The van der Waals surface area contributed by atoms with Crippen molar-refractivity contribution in [3.05, 3.63) is 39.8 Å². The maximum absolute atomic E-state index is 13.3. The van der Waals surface area contributed by atoms with Crippen LogP contribution in [-0.4, -0.2) is 45.8 Å². The van der Waals surface area contributed by atoms with E-state index in [0.717, 1.165) is 47.1 Å². The largest absolute Gasteiger partial charge is 0.371 e. The number of sulfonamides is 1. The van der Waals surface area contributed by atoms with Crippen LogP contribution in [0.15, 0.2) is 23.1 Å². The molecule has 9 heteroatoms. The summed E-state index contributed by atoms with van der Waals surface area (Å²) in [4.78, 5) is 16.4. The van der Waals surface area contributed by atoms with Crippen LogP contribution in [0.3, 0.4) is 0 Å². The molecule has 1 saturated heterocycles. The number of piperidine rings is 1. The van der Waals surface area contributed by atoms with Gasteiger partial charge in [0.05, 0.1) is 16.0 Å². The smallest absolute Gasteiger partial charge is 0.258 e. The Balaban J connectivity index is 2.06. The summed E-state index contributed by atoms with van der Waals surface area (Å²) < 4.78 is 26.4. The molecule has 0 atom stereocenters. The third-order valence-corrected chi connectivity index (χ3v) is 8.35. The molecule has 1 aromatic carbocycles. The number of benzene rings is 1. The Morgan fingerprint density at radius 1 is 1.20 bits per heavy atom. The molecular formula is C21H26N4O3S2. The highest BCUT2D eigenvalue weighted by molar-refractivity contribution is 7.89. The van der Waals surface area contributed by atoms with Gasteiger partial charge in [-0.15, -0.1) is 11.3 Å². The zero-order chi connectivity index (χ0) is 22.1. The van der Waals surface area contributed by atoms with E-state index < -0.39 is 15.9 Å². The minimum atomic E-state index is -3.68. The van der Waals surface area contributed by atoms with Crippen molar-refractivity contribution in [2.45, 2.75) is 38.0 Å². The molecule has 1 N–H and O–H groups in total. The fraction of sp³-hybridized carbons (Fsp3) is 0.429. The van der Waals surface area contributed by atoms with E-state index in [2.05, 4.69) is 16.3 Å². The molecule has 1 aromatic heterocycles. The van der Waals surface area contributed by atoms with Gasteiger partial charge in [-0.1, -0.05) is 0 Å². The molecule has 0 bridgehead atoms. The summed E-state index contributed by atoms with van der Waals surface area (Å²) in [5.74, 6) is -0.413. The van der Waals surface area contributed by atoms with Crippen molar-refractivity contribution < 1.29 is 13.2 Å². The molecule has 1 aliphatic heterocycles. The lowest BCUT2D eigenvalue weighted by Crippen LogP contribution is -2.32. The van der Waals surface area contributed by atoms with Gasteiger partial charge in [-0.2, -0.15) is 5.26 Å². The van der Waals surface area contributed by atoms with Crippen LogP contribution in [0, 0.1) is 25.2 Å². The van der Waals surface area contributed by atoms with Gasteiger partial charge in [-0.25, -0.2) is 12.7 Å². The van der Waals surface area contributed by atoms with E-state index in [4.69, 9.17) is 0 Å². The second-order valence-corrected chi connectivity index (χ2v) is 10.9. The lowest BCUT2D eigenvalue weighted by Gasteiger charge is -2.30. The summed E-state index contributed by atoms with van der Waals surface area (Å²) in [5.41, 5.74) is 2.31. The summed E-state index contributed by atoms with van der Waals surface area (Å²) in [7, 11) is -0.759. The van der Waals surface area contributed by atoms with Crippen LogP contribution < -0.4 is 10.2 Å². The van der Waals surface area contributed by atoms with Crippen molar-refractivity contribution in [2.24, 2.45) is 0 Å². The predicted octanol–water partition coefficient (Wildman–Crippen LogP) is 3.73. The Bertz CT molecular complexity index is 1110. The molecule has 1 amide bonds. The number of thiophene rings is 1. The molecule has 0 saturated carbocycles. The molecule has 1 fully saturated rings. The highest BCUT2D eigenvalue weighted by Crippen LogP contribution is 2.34. The number of nitrogens with one attached hydrogen (secondary N) is 1. The third kappa shape index (κ3) is 4.21. The van der Waals surface area contributed by atoms with Gasteiger partial charge >= 0.3 is 0 Å². The second-order valence-electron chi connectivity index (χ2n) is 7.57. The van der Waals surface area contributed by atoms with E-state index in [-0.39, 0.29) is 4.90 Å². The van der Waals surface area contributed by atoms with Crippen LogP contribution in [0.2, 0.25) is 0 Å². The van der Waals surface area contributed by atoms with Crippen LogP contribution in [0.4, 0.5) is 10.7 Å². The van der Waals surface area contributed by atoms with Crippen molar-refractivity contribution in [3.63, 3.8) is 0 Å². The van der Waals surface area contributed by atoms with Gasteiger partial charge in [0.2, 0.25) is 10.0 Å². The highest BCUT2D eigenvalue weighted by atomic mass is 32.2. The molecule has 7 nitrogen and oxygen atoms in total. The molecule has 3 rings (SSSR count). The number of carbonyl (C=O) groups excluding carboxylic acids is 1. The van der Waals surface area contributed by atoms with Gasteiger partial charge in [0, 0.05) is 37.7 Å². The van der Waals surface area contributed by atoms with E-state index in [1.807, 2.05) is 13.8 Å². The summed E-state index contributed by atoms with van der Waals surface area (Å²) >= 11 is 1.35. The fourth-order valence-electron chi connectivity index (χ4n) is 3.50. The first kappa shape index (κ1) is 22.3. The fourth-order valence-corrected chi connectivity index (χ4v) is 5.43. The maximum Gasteiger partial charge on any atom is 0.258 e. The Morgan fingerprint density at radius 2 is 1.87 bits per heavy atom. The van der Waals surface area contributed by atoms with Crippen LogP contribution in [0.5, 0.6) is 0 Å². The Kier molecular flexibility index (Phi) is 6.50. The van der Waals surface area contributed by atoms with E-state index in [0.29, 0.717) is 21.8 Å². The third-order valence-electron chi connectivity index (χ3n) is 5.41. The molecule has 160 valence electrons. The lowest BCUT2D eigenvalue weighted by atomic mass is 10.1. The number of amides is 1. The number of hydrogen-bond donors (Lipinski definition) is 1. The zero-order valence-electron chi connectivity index (χ0n) is 17.7. The minimum Gasteiger partial charge on any atom is -0.371 e. The zero-order valence-corrected chi connectivity index (χ0v) is 19.3. The monoisotopic (exact) mass is 446 g/mol. The molecule has 30 heavy (non-hydrogen) atoms. The highest BCUT2D eigenvalue weighted by Gasteiger charge is 2.25. The van der Waals surface area contributed by atoms with Crippen molar-refractivity contribution in [1.82, 2.24) is 4.31 Å². The van der Waals surface area contributed by atoms with Gasteiger partial charge in [-0.3, -0.25) is 4.79 Å². The van der Waals surface area contributed by atoms with Crippen LogP contribution in [0.1, 0.15) is 45.6 Å². The first-order valence-electron chi connectivity index (χ1n) is 9.79. The molecule has 0 aliphatic carbocycles. The van der Waals surface area contributed by atoms with Crippen molar-refractivity contribution in [3.8, 4) is 6.07 Å². The average molecular weight is 447 g/mol. The Labute approximate surface area is 182 Å². The summed E-state index contributed by atoms with van der Waals surface area (Å²) in [6.07, 6.45) is 3.20. The van der Waals surface area contributed by atoms with Crippen LogP contribution >= 0.6 is 11.3 Å². The SMILES string of the molecule is Cc1sc(NC(=O)c2cc(S(=O)(=O)N(C)C)ccc2N2CCCCC2)c(C#N)c1C.